The molecule has 0 amide bonds. The molecule has 0 aromatic heterocycles. The van der Waals surface area contributed by atoms with Crippen LogP contribution in [0.3, 0.4) is 0 Å². The topological polar surface area (TPSA) is 98.6 Å². The zero-order valence-corrected chi connectivity index (χ0v) is 10.5. The van der Waals surface area contributed by atoms with E-state index in [1.165, 1.54) is 24.3 Å². The second-order valence-electron chi connectivity index (χ2n) is 4.00. The summed E-state index contributed by atoms with van der Waals surface area (Å²) in [5, 5.41) is 21.5. The number of hydrogen-bond donors (Lipinski definition) is 0. The van der Waals surface area contributed by atoms with Gasteiger partial charge in [-0.05, 0) is 24.3 Å². The Kier molecular flexibility index (Phi) is 3.98. The first-order chi connectivity index (χ1) is 9.97. The van der Waals surface area contributed by atoms with Crippen molar-refractivity contribution in [3.8, 4) is 0 Å². The first-order valence-electron chi connectivity index (χ1n) is 5.70. The van der Waals surface area contributed by atoms with Gasteiger partial charge in [0.1, 0.15) is 5.82 Å². The maximum Gasteiger partial charge on any atom is 0.285 e. The zero-order valence-electron chi connectivity index (χ0n) is 10.5. The van der Waals surface area contributed by atoms with E-state index in [2.05, 4.69) is 4.99 Å². The molecular formula is C13H8FN3O4. The highest BCUT2D eigenvalue weighted by atomic mass is 19.1. The van der Waals surface area contributed by atoms with Crippen molar-refractivity contribution in [2.75, 3.05) is 0 Å². The number of aliphatic imine (C=N–C) groups is 1. The van der Waals surface area contributed by atoms with Gasteiger partial charge in [0, 0.05) is 12.3 Å². The predicted molar refractivity (Wildman–Crippen MR) is 73.4 cm³/mol. The highest BCUT2D eigenvalue weighted by molar-refractivity contribution is 5.87. The predicted octanol–water partition coefficient (Wildman–Crippen LogP) is 3.39. The molecule has 21 heavy (non-hydrogen) atoms. The number of nitrogens with zero attached hydrogens (tertiary/aromatic N) is 3. The molecule has 0 saturated heterocycles. The van der Waals surface area contributed by atoms with Crippen LogP contribution in [-0.4, -0.2) is 16.1 Å². The van der Waals surface area contributed by atoms with E-state index in [-0.39, 0.29) is 16.9 Å². The summed E-state index contributed by atoms with van der Waals surface area (Å²) in [6, 6.07) is 8.59. The van der Waals surface area contributed by atoms with E-state index >= 15 is 0 Å². The molecule has 0 aliphatic carbocycles. The van der Waals surface area contributed by atoms with Gasteiger partial charge in [0.15, 0.2) is 0 Å². The van der Waals surface area contributed by atoms with Gasteiger partial charge in [0.25, 0.3) is 11.4 Å². The molecule has 0 fully saturated rings. The number of benzene rings is 2. The second kappa shape index (κ2) is 5.87. The summed E-state index contributed by atoms with van der Waals surface area (Å²) in [5.41, 5.74) is -0.452. The lowest BCUT2D eigenvalue weighted by Crippen LogP contribution is -1.97. The largest absolute Gasteiger partial charge is 0.285 e. The highest BCUT2D eigenvalue weighted by Gasteiger charge is 2.18. The van der Waals surface area contributed by atoms with Crippen molar-refractivity contribution in [3.05, 3.63) is 74.1 Å². The van der Waals surface area contributed by atoms with Gasteiger partial charge in [-0.15, -0.1) is 0 Å². The van der Waals surface area contributed by atoms with Gasteiger partial charge < -0.3 is 0 Å². The summed E-state index contributed by atoms with van der Waals surface area (Å²) in [4.78, 5) is 24.0. The van der Waals surface area contributed by atoms with Crippen LogP contribution in [-0.2, 0) is 0 Å². The van der Waals surface area contributed by atoms with E-state index in [4.69, 9.17) is 0 Å². The molecule has 106 valence electrons. The molecule has 0 saturated carbocycles. The van der Waals surface area contributed by atoms with Crippen molar-refractivity contribution in [1.82, 2.24) is 0 Å². The molecule has 2 aromatic rings. The third-order valence-corrected chi connectivity index (χ3v) is 2.58. The first kappa shape index (κ1) is 14.3. The van der Waals surface area contributed by atoms with Crippen LogP contribution in [0.1, 0.15) is 5.56 Å². The van der Waals surface area contributed by atoms with E-state index in [9.17, 15) is 24.6 Å². The van der Waals surface area contributed by atoms with Crippen molar-refractivity contribution in [1.29, 1.82) is 0 Å². The molecule has 0 N–H and O–H groups in total. The molecule has 0 aliphatic heterocycles. The average molecular weight is 289 g/mol. The third-order valence-electron chi connectivity index (χ3n) is 2.58. The molecule has 2 rings (SSSR count). The quantitative estimate of drug-likeness (QED) is 0.489. The SMILES string of the molecule is O=[N+]([O-])c1ccc(C=Nc2cccc(F)c2)c([N+](=O)[O-])c1. The fraction of sp³-hybridized carbons (Fsp3) is 0. The molecule has 0 radical (unpaired) electrons. The summed E-state index contributed by atoms with van der Waals surface area (Å²) < 4.78 is 13.0. The Balaban J connectivity index is 2.39. The van der Waals surface area contributed by atoms with Gasteiger partial charge in [-0.2, -0.15) is 0 Å². The van der Waals surface area contributed by atoms with E-state index in [0.717, 1.165) is 24.4 Å². The molecule has 0 spiro atoms. The molecule has 7 nitrogen and oxygen atoms in total. The van der Waals surface area contributed by atoms with Crippen molar-refractivity contribution >= 4 is 23.3 Å². The second-order valence-corrected chi connectivity index (χ2v) is 4.00. The number of hydrogen-bond acceptors (Lipinski definition) is 5. The van der Waals surface area contributed by atoms with Gasteiger partial charge >= 0.3 is 0 Å². The van der Waals surface area contributed by atoms with Crippen LogP contribution in [0.25, 0.3) is 0 Å². The summed E-state index contributed by atoms with van der Waals surface area (Å²) >= 11 is 0. The van der Waals surface area contributed by atoms with Gasteiger partial charge in [-0.1, -0.05) is 6.07 Å². The molecule has 2 aromatic carbocycles. The van der Waals surface area contributed by atoms with Crippen LogP contribution >= 0.6 is 0 Å². The maximum absolute atomic E-state index is 13.0. The minimum absolute atomic E-state index is 0.0925. The normalized spacial score (nSPS) is 10.7. The van der Waals surface area contributed by atoms with Crippen LogP contribution in [0.4, 0.5) is 21.5 Å². The molecule has 0 unspecified atom stereocenters. The Morgan fingerprint density at radius 2 is 1.81 bits per heavy atom. The van der Waals surface area contributed by atoms with Crippen LogP contribution in [0.2, 0.25) is 0 Å². The minimum Gasteiger partial charge on any atom is -0.258 e. The van der Waals surface area contributed by atoms with Crippen LogP contribution < -0.4 is 0 Å². The zero-order chi connectivity index (χ0) is 15.4. The molecule has 0 atom stereocenters. The molecule has 8 heteroatoms. The van der Waals surface area contributed by atoms with Gasteiger partial charge in [0.05, 0.1) is 27.2 Å². The van der Waals surface area contributed by atoms with Gasteiger partial charge in [-0.25, -0.2) is 4.39 Å². The number of nitro benzene ring substituents is 2. The van der Waals surface area contributed by atoms with Crippen LogP contribution in [0.15, 0.2) is 47.5 Å². The monoisotopic (exact) mass is 289 g/mol. The minimum atomic E-state index is -0.736. The molecule has 0 heterocycles. The van der Waals surface area contributed by atoms with Crippen molar-refractivity contribution in [3.63, 3.8) is 0 Å². The van der Waals surface area contributed by atoms with Gasteiger partial charge in [0.2, 0.25) is 0 Å². The Morgan fingerprint density at radius 1 is 1.05 bits per heavy atom. The van der Waals surface area contributed by atoms with Crippen molar-refractivity contribution < 1.29 is 14.2 Å². The Labute approximate surface area is 117 Å². The standard InChI is InChI=1S/C13H8FN3O4/c14-10-2-1-3-11(6-10)15-8-9-4-5-12(16(18)19)7-13(9)17(20)21/h1-8H. The first-order valence-corrected chi connectivity index (χ1v) is 5.70. The summed E-state index contributed by atoms with van der Waals surface area (Å²) in [5.74, 6) is -0.483. The lowest BCUT2D eigenvalue weighted by molar-refractivity contribution is -0.394. The van der Waals surface area contributed by atoms with Crippen LogP contribution in [0.5, 0.6) is 0 Å². The number of rotatable bonds is 4. The number of non-ortho nitro benzene ring substituents is 1. The summed E-state index contributed by atoms with van der Waals surface area (Å²) in [7, 11) is 0. The number of halogens is 1. The molecular weight excluding hydrogens is 281 g/mol. The van der Waals surface area contributed by atoms with E-state index in [1.54, 1.807) is 0 Å². The Bertz CT molecular complexity index is 746. The third kappa shape index (κ3) is 3.44. The maximum atomic E-state index is 13.0. The fourth-order valence-corrected chi connectivity index (χ4v) is 1.61. The highest BCUT2D eigenvalue weighted by Crippen LogP contribution is 2.24. The number of nitro groups is 2. The van der Waals surface area contributed by atoms with Gasteiger partial charge in [-0.3, -0.25) is 25.2 Å². The summed E-state index contributed by atoms with van der Waals surface area (Å²) in [6.45, 7) is 0. The summed E-state index contributed by atoms with van der Waals surface area (Å²) in [6.07, 6.45) is 1.16. The van der Waals surface area contributed by atoms with E-state index in [0.29, 0.717) is 0 Å². The Hall–Kier alpha value is -3.16. The lowest BCUT2D eigenvalue weighted by atomic mass is 10.2. The van der Waals surface area contributed by atoms with E-state index in [1.807, 2.05) is 0 Å². The van der Waals surface area contributed by atoms with E-state index < -0.39 is 21.4 Å². The smallest absolute Gasteiger partial charge is 0.258 e. The fourth-order valence-electron chi connectivity index (χ4n) is 1.61. The Morgan fingerprint density at radius 3 is 2.43 bits per heavy atom. The van der Waals surface area contributed by atoms with Crippen molar-refractivity contribution in [2.45, 2.75) is 0 Å². The average Bonchev–Trinajstić information content (AvgIpc) is 2.44. The van der Waals surface area contributed by atoms with Crippen LogP contribution in [0, 0.1) is 26.0 Å². The molecule has 0 aliphatic rings. The molecule has 0 bridgehead atoms. The lowest BCUT2D eigenvalue weighted by Gasteiger charge is -1.98. The van der Waals surface area contributed by atoms with Crippen molar-refractivity contribution in [2.24, 2.45) is 4.99 Å².